The SMILES string of the molecule is Cc1cc(NCC(=O)N[C@]2(C)CCS(=O)(=O)C2)ccc1Br. The third-order valence-corrected chi connectivity index (χ3v) is 6.35. The maximum Gasteiger partial charge on any atom is 0.239 e. The molecule has 0 aromatic heterocycles. The average molecular weight is 375 g/mol. The first-order valence-electron chi connectivity index (χ1n) is 6.71. The summed E-state index contributed by atoms with van der Waals surface area (Å²) < 4.78 is 24.0. The van der Waals surface area contributed by atoms with Gasteiger partial charge in [0.1, 0.15) is 0 Å². The summed E-state index contributed by atoms with van der Waals surface area (Å²) in [5.41, 5.74) is 1.29. The number of hydrogen-bond acceptors (Lipinski definition) is 4. The van der Waals surface area contributed by atoms with E-state index in [0.717, 1.165) is 15.7 Å². The molecule has 1 aliphatic rings. The molecule has 0 saturated carbocycles. The number of rotatable bonds is 4. The number of nitrogens with one attached hydrogen (secondary N) is 2. The third-order valence-electron chi connectivity index (χ3n) is 3.56. The quantitative estimate of drug-likeness (QED) is 0.843. The lowest BCUT2D eigenvalue weighted by Crippen LogP contribution is -2.48. The number of anilines is 1. The second-order valence-corrected chi connectivity index (χ2v) is 8.81. The highest BCUT2D eigenvalue weighted by atomic mass is 79.9. The average Bonchev–Trinajstić information content (AvgIpc) is 2.65. The van der Waals surface area contributed by atoms with Crippen LogP contribution in [-0.2, 0) is 14.6 Å². The van der Waals surface area contributed by atoms with Crippen LogP contribution in [0.3, 0.4) is 0 Å². The molecule has 1 aliphatic heterocycles. The molecule has 1 atom stereocenters. The number of carbonyl (C=O) groups is 1. The fraction of sp³-hybridized carbons (Fsp3) is 0.500. The lowest BCUT2D eigenvalue weighted by atomic mass is 10.0. The first-order valence-corrected chi connectivity index (χ1v) is 9.32. The van der Waals surface area contributed by atoms with Gasteiger partial charge in [-0.25, -0.2) is 8.42 Å². The highest BCUT2D eigenvalue weighted by molar-refractivity contribution is 9.10. The molecule has 0 radical (unpaired) electrons. The van der Waals surface area contributed by atoms with Gasteiger partial charge in [0.05, 0.1) is 23.6 Å². The van der Waals surface area contributed by atoms with Crippen LogP contribution < -0.4 is 10.6 Å². The van der Waals surface area contributed by atoms with E-state index < -0.39 is 15.4 Å². The van der Waals surface area contributed by atoms with E-state index in [2.05, 4.69) is 26.6 Å². The molecular formula is C14H19BrN2O3S. The molecule has 0 aliphatic carbocycles. The molecule has 0 unspecified atom stereocenters. The van der Waals surface area contributed by atoms with Crippen LogP contribution in [0.15, 0.2) is 22.7 Å². The van der Waals surface area contributed by atoms with Crippen molar-refractivity contribution in [2.24, 2.45) is 0 Å². The summed E-state index contributed by atoms with van der Waals surface area (Å²) in [5.74, 6) is -0.0399. The summed E-state index contributed by atoms with van der Waals surface area (Å²) in [6.07, 6.45) is 0.471. The van der Waals surface area contributed by atoms with E-state index >= 15 is 0 Å². The Morgan fingerprint density at radius 1 is 1.43 bits per heavy atom. The van der Waals surface area contributed by atoms with E-state index in [0.29, 0.717) is 6.42 Å². The first kappa shape index (κ1) is 16.3. The van der Waals surface area contributed by atoms with Crippen molar-refractivity contribution in [2.75, 3.05) is 23.4 Å². The fourth-order valence-corrected chi connectivity index (χ4v) is 4.77. The standard InChI is InChI=1S/C14H19BrN2O3S/c1-10-7-11(3-4-12(10)15)16-8-13(18)17-14(2)5-6-21(19,20)9-14/h3-4,7,16H,5-6,8-9H2,1-2H3,(H,17,18)/t14-/m1/s1. The monoisotopic (exact) mass is 374 g/mol. The van der Waals surface area contributed by atoms with E-state index in [9.17, 15) is 13.2 Å². The molecule has 1 aromatic carbocycles. The summed E-state index contributed by atoms with van der Waals surface area (Å²) in [6, 6.07) is 5.74. The second-order valence-electron chi connectivity index (χ2n) is 5.77. The molecule has 2 N–H and O–H groups in total. The van der Waals surface area contributed by atoms with Gasteiger partial charge in [0.2, 0.25) is 5.91 Å². The van der Waals surface area contributed by atoms with Gasteiger partial charge >= 0.3 is 0 Å². The van der Waals surface area contributed by atoms with Crippen LogP contribution in [0.2, 0.25) is 0 Å². The number of benzene rings is 1. The number of carbonyl (C=O) groups excluding carboxylic acids is 1. The maximum absolute atomic E-state index is 12.0. The molecule has 1 amide bonds. The smallest absolute Gasteiger partial charge is 0.239 e. The zero-order valence-electron chi connectivity index (χ0n) is 12.1. The van der Waals surface area contributed by atoms with Crippen molar-refractivity contribution in [3.63, 3.8) is 0 Å². The molecule has 1 saturated heterocycles. The van der Waals surface area contributed by atoms with Gasteiger partial charge < -0.3 is 10.6 Å². The van der Waals surface area contributed by atoms with E-state index in [-0.39, 0.29) is 24.0 Å². The molecule has 0 bridgehead atoms. The van der Waals surface area contributed by atoms with Gasteiger partial charge in [-0.2, -0.15) is 0 Å². The van der Waals surface area contributed by atoms with Crippen LogP contribution in [0.5, 0.6) is 0 Å². The zero-order valence-corrected chi connectivity index (χ0v) is 14.5. The van der Waals surface area contributed by atoms with E-state index in [1.165, 1.54) is 0 Å². The van der Waals surface area contributed by atoms with Crippen LogP contribution in [0.25, 0.3) is 0 Å². The van der Waals surface area contributed by atoms with Crippen LogP contribution in [0.1, 0.15) is 18.9 Å². The molecule has 2 rings (SSSR count). The Bertz CT molecular complexity index is 660. The Morgan fingerprint density at radius 3 is 2.71 bits per heavy atom. The van der Waals surface area contributed by atoms with Gasteiger partial charge in [-0.3, -0.25) is 4.79 Å². The number of sulfone groups is 1. The fourth-order valence-electron chi connectivity index (χ4n) is 2.43. The van der Waals surface area contributed by atoms with Gasteiger partial charge in [-0.1, -0.05) is 15.9 Å². The minimum atomic E-state index is -3.02. The minimum absolute atomic E-state index is 0.0170. The van der Waals surface area contributed by atoms with Gasteiger partial charge in [0, 0.05) is 10.2 Å². The molecule has 1 aromatic rings. The summed E-state index contributed by atoms with van der Waals surface area (Å²) >= 11 is 3.42. The second kappa shape index (κ2) is 5.96. The van der Waals surface area contributed by atoms with Crippen molar-refractivity contribution >= 4 is 37.4 Å². The van der Waals surface area contributed by atoms with Crippen molar-refractivity contribution < 1.29 is 13.2 Å². The predicted molar refractivity (Wildman–Crippen MR) is 87.2 cm³/mol. The summed E-state index contributed by atoms with van der Waals surface area (Å²) in [4.78, 5) is 12.0. The molecular weight excluding hydrogens is 356 g/mol. The van der Waals surface area contributed by atoms with Crippen molar-refractivity contribution in [3.05, 3.63) is 28.2 Å². The largest absolute Gasteiger partial charge is 0.376 e. The van der Waals surface area contributed by atoms with Crippen molar-refractivity contribution in [1.29, 1.82) is 0 Å². The van der Waals surface area contributed by atoms with Crippen LogP contribution >= 0.6 is 15.9 Å². The Labute approximate surface area is 133 Å². The normalized spacial score (nSPS) is 23.8. The number of amides is 1. The Balaban J connectivity index is 1.89. The van der Waals surface area contributed by atoms with Gasteiger partial charge in [0.15, 0.2) is 9.84 Å². The van der Waals surface area contributed by atoms with Crippen LogP contribution in [0, 0.1) is 6.92 Å². The Morgan fingerprint density at radius 2 is 2.14 bits per heavy atom. The van der Waals surface area contributed by atoms with Crippen molar-refractivity contribution in [1.82, 2.24) is 5.32 Å². The van der Waals surface area contributed by atoms with E-state index in [1.807, 2.05) is 25.1 Å². The molecule has 21 heavy (non-hydrogen) atoms. The first-order chi connectivity index (χ1) is 9.69. The maximum atomic E-state index is 12.0. The lowest BCUT2D eigenvalue weighted by molar-refractivity contribution is -0.120. The van der Waals surface area contributed by atoms with Crippen LogP contribution in [-0.4, -0.2) is 37.9 Å². The van der Waals surface area contributed by atoms with Crippen molar-refractivity contribution in [3.8, 4) is 0 Å². The number of aryl methyl sites for hydroxylation is 1. The number of halogens is 1. The molecule has 0 spiro atoms. The Kier molecular flexibility index (Phi) is 4.63. The van der Waals surface area contributed by atoms with Crippen molar-refractivity contribution in [2.45, 2.75) is 25.8 Å². The molecule has 116 valence electrons. The molecule has 1 fully saturated rings. The highest BCUT2D eigenvalue weighted by Gasteiger charge is 2.39. The summed E-state index contributed by atoms with van der Waals surface area (Å²) in [5, 5.41) is 5.86. The zero-order chi connectivity index (χ0) is 15.7. The lowest BCUT2D eigenvalue weighted by Gasteiger charge is -2.24. The van der Waals surface area contributed by atoms with Gasteiger partial charge in [-0.05, 0) is 44.0 Å². The summed E-state index contributed by atoms with van der Waals surface area (Å²) in [6.45, 7) is 3.87. The minimum Gasteiger partial charge on any atom is -0.376 e. The molecule has 1 heterocycles. The third kappa shape index (κ3) is 4.44. The summed E-state index contributed by atoms with van der Waals surface area (Å²) in [7, 11) is -3.02. The molecule has 7 heteroatoms. The Hall–Kier alpha value is -1.08. The van der Waals surface area contributed by atoms with Gasteiger partial charge in [-0.15, -0.1) is 0 Å². The van der Waals surface area contributed by atoms with Gasteiger partial charge in [0.25, 0.3) is 0 Å². The predicted octanol–water partition coefficient (Wildman–Crippen LogP) is 1.86. The molecule has 5 nitrogen and oxygen atoms in total. The van der Waals surface area contributed by atoms with Crippen LogP contribution in [0.4, 0.5) is 5.69 Å². The number of hydrogen-bond donors (Lipinski definition) is 2. The van der Waals surface area contributed by atoms with E-state index in [4.69, 9.17) is 0 Å². The highest BCUT2D eigenvalue weighted by Crippen LogP contribution is 2.23. The topological polar surface area (TPSA) is 75.3 Å². The van der Waals surface area contributed by atoms with E-state index in [1.54, 1.807) is 6.92 Å².